The number of primary sulfonamides is 1. The predicted octanol–water partition coefficient (Wildman–Crippen LogP) is 4.26. The fourth-order valence-corrected chi connectivity index (χ4v) is 5.47. The number of phenolic OH excluding ortho intramolecular Hbond substituents is 2. The van der Waals surface area contributed by atoms with Crippen LogP contribution in [0.4, 0.5) is 5.69 Å². The highest BCUT2D eigenvalue weighted by atomic mass is 32.2. The molecule has 210 valence electrons. The molecule has 0 saturated heterocycles. The van der Waals surface area contributed by atoms with Crippen molar-refractivity contribution < 1.29 is 33.3 Å². The first-order valence-electron chi connectivity index (χ1n) is 12.4. The minimum absolute atomic E-state index is 0.00867. The first-order chi connectivity index (χ1) is 19.5. The van der Waals surface area contributed by atoms with Gasteiger partial charge in [0.25, 0.3) is 0 Å². The Bertz CT molecular complexity index is 1720. The average Bonchev–Trinajstić information content (AvgIpc) is 2.91. The maximum atomic E-state index is 12.4. The third-order valence-corrected chi connectivity index (χ3v) is 7.82. The van der Waals surface area contributed by atoms with Gasteiger partial charge in [0.2, 0.25) is 10.0 Å². The predicted molar refractivity (Wildman–Crippen MR) is 156 cm³/mol. The fraction of sp³-hybridized carbons (Fsp3) is 0.103. The number of aromatic carboxylic acids is 1. The van der Waals surface area contributed by atoms with Gasteiger partial charge in [0.05, 0.1) is 10.5 Å². The van der Waals surface area contributed by atoms with Crippen LogP contribution in [0.25, 0.3) is 0 Å². The molecule has 0 saturated carbocycles. The smallest absolute Gasteiger partial charge is 0.336 e. The molecule has 0 fully saturated rings. The molecule has 0 amide bonds. The van der Waals surface area contributed by atoms with Crippen molar-refractivity contribution in [3.05, 3.63) is 107 Å². The van der Waals surface area contributed by atoms with Crippen molar-refractivity contribution in [2.75, 3.05) is 11.9 Å². The number of aromatic hydroxyl groups is 2. The summed E-state index contributed by atoms with van der Waals surface area (Å²) in [6.45, 7) is 0.444. The molecule has 0 aliphatic carbocycles. The first-order valence-corrected chi connectivity index (χ1v) is 14.3. The standard InChI is InChI=1S/C29H25N3O7S2/c30-41(37,38)20-6-1-16(2-7-20)11-12-31-29(40)32-17-3-8-21(24(13-17)28(35)36)27-22-9-4-18(33)14-25(22)39-26-15-19(34)5-10-23(26)27/h1-10,13-15,27,33-34H,11-12H2,(H,35,36)(H2,30,37,38)(H2,31,32,40). The molecule has 41 heavy (non-hydrogen) atoms. The van der Waals surface area contributed by atoms with Crippen LogP contribution in [0.3, 0.4) is 0 Å². The van der Waals surface area contributed by atoms with E-state index in [1.54, 1.807) is 36.4 Å². The average molecular weight is 592 g/mol. The molecule has 0 spiro atoms. The number of nitrogens with one attached hydrogen (secondary N) is 2. The Morgan fingerprint density at radius 2 is 1.46 bits per heavy atom. The van der Waals surface area contributed by atoms with E-state index in [9.17, 15) is 28.5 Å². The van der Waals surface area contributed by atoms with Gasteiger partial charge in [-0.1, -0.05) is 30.3 Å². The molecule has 0 unspecified atom stereocenters. The Hall–Kier alpha value is -4.65. The van der Waals surface area contributed by atoms with Gasteiger partial charge in [-0.3, -0.25) is 0 Å². The number of thiocarbonyl (C=S) groups is 1. The quantitative estimate of drug-likeness (QED) is 0.150. The number of benzene rings is 4. The molecule has 1 aliphatic rings. The Labute approximate surface area is 241 Å². The zero-order valence-corrected chi connectivity index (χ0v) is 23.0. The molecule has 4 aromatic carbocycles. The summed E-state index contributed by atoms with van der Waals surface area (Å²) in [5.74, 6) is -0.984. The van der Waals surface area contributed by atoms with Crippen LogP contribution < -0.4 is 20.5 Å². The third kappa shape index (κ3) is 6.09. The van der Waals surface area contributed by atoms with Gasteiger partial charge >= 0.3 is 5.97 Å². The maximum absolute atomic E-state index is 12.4. The van der Waals surface area contributed by atoms with Gasteiger partial charge in [-0.2, -0.15) is 0 Å². The number of phenols is 2. The van der Waals surface area contributed by atoms with Crippen LogP contribution in [-0.2, 0) is 16.4 Å². The molecule has 5 rings (SSSR count). The topological polar surface area (TPSA) is 171 Å². The normalized spacial score (nSPS) is 12.5. The van der Waals surface area contributed by atoms with E-state index in [-0.39, 0.29) is 27.1 Å². The van der Waals surface area contributed by atoms with Crippen LogP contribution in [0.15, 0.2) is 83.8 Å². The van der Waals surface area contributed by atoms with Crippen molar-refractivity contribution in [3.63, 3.8) is 0 Å². The van der Waals surface area contributed by atoms with Crippen LogP contribution in [0.5, 0.6) is 23.0 Å². The highest BCUT2D eigenvalue weighted by Gasteiger charge is 2.32. The second kappa shape index (κ2) is 11.1. The Balaban J connectivity index is 1.35. The van der Waals surface area contributed by atoms with Crippen molar-refractivity contribution in [1.29, 1.82) is 0 Å². The molecule has 1 aliphatic heterocycles. The summed E-state index contributed by atoms with van der Waals surface area (Å²) >= 11 is 5.39. The summed E-state index contributed by atoms with van der Waals surface area (Å²) in [6.07, 6.45) is 0.555. The van der Waals surface area contributed by atoms with Gasteiger partial charge in [0.15, 0.2) is 5.11 Å². The van der Waals surface area contributed by atoms with Crippen LogP contribution in [-0.4, -0.2) is 41.4 Å². The summed E-state index contributed by atoms with van der Waals surface area (Å²) in [7, 11) is -3.76. The van der Waals surface area contributed by atoms with Gasteiger partial charge < -0.3 is 30.7 Å². The number of carboxylic acid groups (broad SMARTS) is 1. The lowest BCUT2D eigenvalue weighted by molar-refractivity contribution is 0.0695. The molecule has 4 aromatic rings. The molecule has 1 heterocycles. The Kier molecular flexibility index (Phi) is 7.54. The number of anilines is 1. The van der Waals surface area contributed by atoms with E-state index in [1.165, 1.54) is 42.5 Å². The zero-order chi connectivity index (χ0) is 29.3. The minimum Gasteiger partial charge on any atom is -0.508 e. The second-order valence-electron chi connectivity index (χ2n) is 9.41. The molecule has 0 atom stereocenters. The van der Waals surface area contributed by atoms with E-state index in [0.29, 0.717) is 46.8 Å². The second-order valence-corrected chi connectivity index (χ2v) is 11.4. The maximum Gasteiger partial charge on any atom is 0.336 e. The van der Waals surface area contributed by atoms with E-state index in [4.69, 9.17) is 22.1 Å². The number of carboxylic acids is 1. The van der Waals surface area contributed by atoms with Gasteiger partial charge in [-0.05, 0) is 66.2 Å². The zero-order valence-electron chi connectivity index (χ0n) is 21.4. The van der Waals surface area contributed by atoms with Crippen molar-refractivity contribution >= 4 is 39.0 Å². The van der Waals surface area contributed by atoms with Crippen LogP contribution in [0.2, 0.25) is 0 Å². The molecule has 0 aromatic heterocycles. The lowest BCUT2D eigenvalue weighted by Gasteiger charge is -2.30. The summed E-state index contributed by atoms with van der Waals surface area (Å²) in [4.78, 5) is 12.5. The van der Waals surface area contributed by atoms with Gasteiger partial charge in [0, 0.05) is 41.4 Å². The van der Waals surface area contributed by atoms with Crippen LogP contribution in [0, 0.1) is 0 Å². The van der Waals surface area contributed by atoms with Gasteiger partial charge in [0.1, 0.15) is 23.0 Å². The van der Waals surface area contributed by atoms with Crippen molar-refractivity contribution in [3.8, 4) is 23.0 Å². The summed E-state index contributed by atoms with van der Waals surface area (Å²) in [5, 5.41) is 41.6. The third-order valence-electron chi connectivity index (χ3n) is 6.64. The molecule has 10 nitrogen and oxygen atoms in total. The number of hydrogen-bond donors (Lipinski definition) is 6. The van der Waals surface area contributed by atoms with Gasteiger partial charge in [-0.15, -0.1) is 0 Å². The molecule has 7 N–H and O–H groups in total. The number of nitrogens with two attached hydrogens (primary N) is 1. The Morgan fingerprint density at radius 3 is 2.02 bits per heavy atom. The fourth-order valence-electron chi connectivity index (χ4n) is 4.73. The largest absolute Gasteiger partial charge is 0.508 e. The number of ether oxygens (including phenoxy) is 1. The number of rotatable bonds is 7. The van der Waals surface area contributed by atoms with E-state index in [1.807, 2.05) is 0 Å². The highest BCUT2D eigenvalue weighted by molar-refractivity contribution is 7.89. The molecular weight excluding hydrogens is 566 g/mol. The van der Waals surface area contributed by atoms with Crippen LogP contribution >= 0.6 is 12.2 Å². The lowest BCUT2D eigenvalue weighted by atomic mass is 9.80. The van der Waals surface area contributed by atoms with E-state index < -0.39 is 21.9 Å². The number of hydrogen-bond acceptors (Lipinski definition) is 7. The number of sulfonamides is 1. The first kappa shape index (κ1) is 27.9. The number of fused-ring (bicyclic) bond motifs is 2. The van der Waals surface area contributed by atoms with Crippen molar-refractivity contribution in [1.82, 2.24) is 5.32 Å². The monoisotopic (exact) mass is 591 g/mol. The van der Waals surface area contributed by atoms with E-state index in [2.05, 4.69) is 10.6 Å². The summed E-state index contributed by atoms with van der Waals surface area (Å²) < 4.78 is 28.7. The highest BCUT2D eigenvalue weighted by Crippen LogP contribution is 2.49. The van der Waals surface area contributed by atoms with Crippen molar-refractivity contribution in [2.24, 2.45) is 5.14 Å². The summed E-state index contributed by atoms with van der Waals surface area (Å²) in [6, 6.07) is 20.4. The SMILES string of the molecule is NS(=O)(=O)c1ccc(CCNC(=S)Nc2ccc(C3c4ccc(O)cc4Oc4cc(O)ccc43)c(C(=O)O)c2)cc1. The van der Waals surface area contributed by atoms with Crippen molar-refractivity contribution in [2.45, 2.75) is 17.2 Å². The van der Waals surface area contributed by atoms with E-state index >= 15 is 0 Å². The van der Waals surface area contributed by atoms with E-state index in [0.717, 1.165) is 5.56 Å². The lowest BCUT2D eigenvalue weighted by Crippen LogP contribution is -2.30. The minimum atomic E-state index is -3.76. The molecule has 0 bridgehead atoms. The van der Waals surface area contributed by atoms with Gasteiger partial charge in [-0.25, -0.2) is 18.4 Å². The number of carbonyl (C=O) groups is 1. The molecule has 0 radical (unpaired) electrons. The van der Waals surface area contributed by atoms with Crippen LogP contribution in [0.1, 0.15) is 38.5 Å². The molecular formula is C29H25N3O7S2. The summed E-state index contributed by atoms with van der Waals surface area (Å²) in [5.41, 5.74) is 3.20. The molecule has 12 heteroatoms. The Morgan fingerprint density at radius 1 is 0.878 bits per heavy atom.